The second kappa shape index (κ2) is 8.22. The number of ether oxygens (including phenoxy) is 2. The summed E-state index contributed by atoms with van der Waals surface area (Å²) in [7, 11) is 3.18. The number of carbonyl (C=O) groups is 1. The van der Waals surface area contributed by atoms with Gasteiger partial charge in [0.25, 0.3) is 0 Å². The maximum Gasteiger partial charge on any atom is 0.242 e. The van der Waals surface area contributed by atoms with Crippen molar-refractivity contribution in [3.05, 3.63) is 77.7 Å². The number of furan rings is 1. The molecular formula is C24H25N3O5. The molecule has 0 spiro atoms. The van der Waals surface area contributed by atoms with E-state index >= 15 is 0 Å². The maximum absolute atomic E-state index is 13.5. The molecule has 3 aromatic rings. The van der Waals surface area contributed by atoms with Gasteiger partial charge in [0.05, 0.1) is 39.1 Å². The molecule has 0 aliphatic carbocycles. The van der Waals surface area contributed by atoms with Crippen LogP contribution in [0.4, 0.5) is 0 Å². The van der Waals surface area contributed by atoms with E-state index in [0.717, 1.165) is 11.1 Å². The fraction of sp³-hybridized carbons (Fsp3) is 0.292. The second-order valence-corrected chi connectivity index (χ2v) is 7.98. The summed E-state index contributed by atoms with van der Waals surface area (Å²) in [5.74, 6) is 1.90. The number of hydrogen-bond acceptors (Lipinski definition) is 7. The molecule has 5 rings (SSSR count). The number of benzene rings is 2. The summed E-state index contributed by atoms with van der Waals surface area (Å²) in [6, 6.07) is 15.6. The van der Waals surface area contributed by atoms with E-state index in [9.17, 15) is 9.90 Å². The molecule has 2 fully saturated rings. The summed E-state index contributed by atoms with van der Waals surface area (Å²) in [6.07, 6.45) is 1.60. The van der Waals surface area contributed by atoms with Crippen molar-refractivity contribution in [1.29, 1.82) is 0 Å². The monoisotopic (exact) mass is 435 g/mol. The summed E-state index contributed by atoms with van der Waals surface area (Å²) >= 11 is 0. The van der Waals surface area contributed by atoms with Gasteiger partial charge in [-0.3, -0.25) is 4.79 Å². The number of methoxy groups -OCH3 is 2. The molecule has 4 unspecified atom stereocenters. The number of hydrazine groups is 1. The summed E-state index contributed by atoms with van der Waals surface area (Å²) < 4.78 is 16.5. The topological polar surface area (TPSA) is 96.2 Å². The van der Waals surface area contributed by atoms with Crippen molar-refractivity contribution in [3.63, 3.8) is 0 Å². The van der Waals surface area contributed by atoms with Crippen LogP contribution in [0.5, 0.6) is 17.2 Å². The van der Waals surface area contributed by atoms with Crippen LogP contribution in [0.3, 0.4) is 0 Å². The van der Waals surface area contributed by atoms with Gasteiger partial charge in [0.1, 0.15) is 17.6 Å². The van der Waals surface area contributed by atoms with Gasteiger partial charge in [0, 0.05) is 11.5 Å². The number of rotatable bonds is 6. The highest BCUT2D eigenvalue weighted by atomic mass is 16.5. The Morgan fingerprint density at radius 2 is 1.78 bits per heavy atom. The molecule has 4 atom stereocenters. The van der Waals surface area contributed by atoms with Crippen LogP contribution in [0.2, 0.25) is 0 Å². The van der Waals surface area contributed by atoms with E-state index in [-0.39, 0.29) is 29.7 Å². The average molecular weight is 435 g/mol. The van der Waals surface area contributed by atoms with Gasteiger partial charge in [-0.15, -0.1) is 0 Å². The maximum atomic E-state index is 13.5. The molecule has 166 valence electrons. The molecule has 2 aliphatic rings. The lowest BCUT2D eigenvalue weighted by molar-refractivity contribution is -0.131. The van der Waals surface area contributed by atoms with Gasteiger partial charge in [-0.25, -0.2) is 10.9 Å². The third-order valence-corrected chi connectivity index (χ3v) is 6.34. The number of para-hydroxylation sites is 1. The van der Waals surface area contributed by atoms with Crippen LogP contribution in [0.15, 0.2) is 65.3 Å². The number of nitrogens with one attached hydrogen (secondary N) is 2. The summed E-state index contributed by atoms with van der Waals surface area (Å²) in [5.41, 5.74) is 8.06. The molecule has 3 N–H and O–H groups in total. The predicted molar refractivity (Wildman–Crippen MR) is 116 cm³/mol. The molecule has 1 aromatic heterocycles. The minimum absolute atomic E-state index is 0.0309. The zero-order valence-corrected chi connectivity index (χ0v) is 17.8. The summed E-state index contributed by atoms with van der Waals surface area (Å²) in [4.78, 5) is 15.3. The molecule has 8 heteroatoms. The van der Waals surface area contributed by atoms with Crippen molar-refractivity contribution in [3.8, 4) is 17.2 Å². The molecule has 3 heterocycles. The number of phenolic OH excluding ortho intramolecular Hbond substituents is 1. The Hall–Kier alpha value is -3.49. The summed E-state index contributed by atoms with van der Waals surface area (Å²) in [5, 5.41) is 10.5. The minimum atomic E-state index is -0.451. The van der Waals surface area contributed by atoms with E-state index in [0.29, 0.717) is 23.8 Å². The number of fused-ring (bicyclic) bond motifs is 1. The number of nitrogens with zero attached hydrogens (tertiary/aromatic N) is 1. The van der Waals surface area contributed by atoms with Gasteiger partial charge in [0.15, 0.2) is 11.5 Å². The third kappa shape index (κ3) is 3.28. The van der Waals surface area contributed by atoms with Gasteiger partial charge in [-0.1, -0.05) is 24.3 Å². The predicted octanol–water partition coefficient (Wildman–Crippen LogP) is 2.92. The number of hydrogen-bond donors (Lipinski definition) is 3. The van der Waals surface area contributed by atoms with Crippen LogP contribution in [0.1, 0.15) is 29.0 Å². The fourth-order valence-corrected chi connectivity index (χ4v) is 4.90. The van der Waals surface area contributed by atoms with Gasteiger partial charge >= 0.3 is 0 Å². The number of amides is 1. The number of carbonyl (C=O) groups excluding carboxylic acids is 1. The van der Waals surface area contributed by atoms with Crippen LogP contribution in [-0.4, -0.2) is 36.2 Å². The van der Waals surface area contributed by atoms with E-state index in [2.05, 4.69) is 10.9 Å². The van der Waals surface area contributed by atoms with Gasteiger partial charge in [0.2, 0.25) is 5.91 Å². The first-order valence-corrected chi connectivity index (χ1v) is 10.5. The lowest BCUT2D eigenvalue weighted by Crippen LogP contribution is -2.41. The molecule has 0 radical (unpaired) electrons. The Balaban J connectivity index is 1.60. The zero-order valence-electron chi connectivity index (χ0n) is 17.8. The smallest absolute Gasteiger partial charge is 0.242 e. The second-order valence-electron chi connectivity index (χ2n) is 7.98. The highest BCUT2D eigenvalue weighted by molar-refractivity contribution is 5.86. The molecule has 0 saturated carbocycles. The molecule has 0 bridgehead atoms. The summed E-state index contributed by atoms with van der Waals surface area (Å²) in [6.45, 7) is 0.340. The first-order chi connectivity index (χ1) is 15.6. The standard InChI is InChI=1S/C24H25N3O5/c1-30-18-10-9-14(12-19(18)31-2)23-20-21(16-7-3-4-8-17(16)28)25-26-22(20)24(29)27(23)13-15-6-5-11-32-15/h3-12,20-23,25-26,28H,13H2,1-2H3. The van der Waals surface area contributed by atoms with Crippen LogP contribution in [0, 0.1) is 5.92 Å². The number of phenols is 1. The highest BCUT2D eigenvalue weighted by Gasteiger charge is 2.56. The van der Waals surface area contributed by atoms with E-state index in [4.69, 9.17) is 13.9 Å². The first kappa shape index (κ1) is 20.4. The van der Waals surface area contributed by atoms with Crippen molar-refractivity contribution < 1.29 is 23.8 Å². The van der Waals surface area contributed by atoms with Gasteiger partial charge < -0.3 is 23.9 Å². The lowest BCUT2D eigenvalue weighted by atomic mass is 9.83. The van der Waals surface area contributed by atoms with Crippen molar-refractivity contribution in [2.24, 2.45) is 5.92 Å². The number of aromatic hydroxyl groups is 1. The average Bonchev–Trinajstić information content (AvgIpc) is 3.53. The normalized spacial score (nSPS) is 24.6. The van der Waals surface area contributed by atoms with Crippen LogP contribution in [0.25, 0.3) is 0 Å². The largest absolute Gasteiger partial charge is 0.508 e. The molecule has 2 aromatic carbocycles. The van der Waals surface area contributed by atoms with Gasteiger partial charge in [-0.05, 0) is 35.9 Å². The van der Waals surface area contributed by atoms with Crippen molar-refractivity contribution >= 4 is 5.91 Å². The third-order valence-electron chi connectivity index (χ3n) is 6.34. The Kier molecular flexibility index (Phi) is 5.24. The molecule has 2 saturated heterocycles. The van der Waals surface area contributed by atoms with E-state index in [1.54, 1.807) is 32.6 Å². The minimum Gasteiger partial charge on any atom is -0.508 e. The van der Waals surface area contributed by atoms with Crippen LogP contribution >= 0.6 is 0 Å². The molecule has 2 aliphatic heterocycles. The van der Waals surface area contributed by atoms with E-state index in [1.807, 2.05) is 47.4 Å². The Bertz CT molecular complexity index is 1120. The zero-order chi connectivity index (χ0) is 22.2. The quantitative estimate of drug-likeness (QED) is 0.548. The Labute approximate surface area is 185 Å². The Morgan fingerprint density at radius 3 is 2.50 bits per heavy atom. The fourth-order valence-electron chi connectivity index (χ4n) is 4.90. The van der Waals surface area contributed by atoms with Crippen LogP contribution in [-0.2, 0) is 11.3 Å². The van der Waals surface area contributed by atoms with Gasteiger partial charge in [-0.2, -0.15) is 0 Å². The number of likely N-dealkylation sites (tertiary alicyclic amines) is 1. The van der Waals surface area contributed by atoms with Crippen molar-refractivity contribution in [1.82, 2.24) is 15.8 Å². The highest BCUT2D eigenvalue weighted by Crippen LogP contribution is 2.49. The molecule has 8 nitrogen and oxygen atoms in total. The van der Waals surface area contributed by atoms with E-state index < -0.39 is 6.04 Å². The Morgan fingerprint density at radius 1 is 1.00 bits per heavy atom. The molecule has 32 heavy (non-hydrogen) atoms. The van der Waals surface area contributed by atoms with Crippen LogP contribution < -0.4 is 20.3 Å². The molecule has 1 amide bonds. The SMILES string of the molecule is COc1ccc(C2C3C(NNC3c3ccccc3O)C(=O)N2Cc2ccco2)cc1OC. The van der Waals surface area contributed by atoms with E-state index in [1.165, 1.54) is 0 Å². The first-order valence-electron chi connectivity index (χ1n) is 10.5. The lowest BCUT2D eigenvalue weighted by Gasteiger charge is -2.31. The van der Waals surface area contributed by atoms with Crippen molar-refractivity contribution in [2.75, 3.05) is 14.2 Å². The molecular weight excluding hydrogens is 410 g/mol. The van der Waals surface area contributed by atoms with Crippen molar-refractivity contribution in [2.45, 2.75) is 24.7 Å².